The minimum Gasteiger partial charge on any atom is -0.393 e. The van der Waals surface area contributed by atoms with Crippen molar-refractivity contribution in [3.05, 3.63) is 0 Å². The molecule has 0 aromatic heterocycles. The third-order valence-corrected chi connectivity index (χ3v) is 2.66. The molecule has 0 aliphatic heterocycles. The number of thiocarbonyl (C=S) groups is 1. The second-order valence-corrected chi connectivity index (χ2v) is 4.40. The van der Waals surface area contributed by atoms with Crippen molar-refractivity contribution in [3.63, 3.8) is 0 Å². The molecule has 3 heteroatoms. The van der Waals surface area contributed by atoms with Gasteiger partial charge < -0.3 is 10.5 Å². The lowest BCUT2D eigenvalue weighted by Gasteiger charge is -2.22. The van der Waals surface area contributed by atoms with Gasteiger partial charge in [-0.3, -0.25) is 0 Å². The van der Waals surface area contributed by atoms with Crippen molar-refractivity contribution in [2.45, 2.75) is 40.0 Å². The van der Waals surface area contributed by atoms with Crippen LogP contribution in [0.2, 0.25) is 0 Å². The molecule has 0 saturated carbocycles. The predicted molar refractivity (Wildman–Crippen MR) is 60.9 cm³/mol. The highest BCUT2D eigenvalue weighted by atomic mass is 32.1. The maximum absolute atomic E-state index is 5.60. The van der Waals surface area contributed by atoms with E-state index in [1.54, 1.807) is 0 Å². The van der Waals surface area contributed by atoms with Crippen molar-refractivity contribution in [1.29, 1.82) is 0 Å². The number of nitrogens with two attached hydrogens (primary N) is 1. The minimum absolute atomic E-state index is 0.0229. The largest absolute Gasteiger partial charge is 0.393 e. The molecular formula is C10H21NOS. The van der Waals surface area contributed by atoms with Gasteiger partial charge in [0.15, 0.2) is 0 Å². The fourth-order valence-electron chi connectivity index (χ4n) is 0.986. The summed E-state index contributed by atoms with van der Waals surface area (Å²) in [5.74, 6) is 0. The van der Waals surface area contributed by atoms with Crippen LogP contribution >= 0.6 is 12.2 Å². The molecule has 0 aromatic carbocycles. The molecule has 0 aliphatic carbocycles. The molecule has 0 rings (SSSR count). The van der Waals surface area contributed by atoms with E-state index < -0.39 is 0 Å². The Morgan fingerprint density at radius 2 is 2.00 bits per heavy atom. The molecule has 0 saturated heterocycles. The molecule has 78 valence electrons. The van der Waals surface area contributed by atoms with Crippen molar-refractivity contribution in [2.75, 3.05) is 13.2 Å². The number of rotatable bonds is 7. The van der Waals surface area contributed by atoms with Gasteiger partial charge in [-0.2, -0.15) is 0 Å². The normalized spacial score (nSPS) is 11.6. The van der Waals surface area contributed by atoms with Crippen molar-refractivity contribution in [3.8, 4) is 0 Å². The van der Waals surface area contributed by atoms with Gasteiger partial charge >= 0.3 is 0 Å². The zero-order valence-electron chi connectivity index (χ0n) is 8.93. The summed E-state index contributed by atoms with van der Waals surface area (Å²) in [6.45, 7) is 7.94. The summed E-state index contributed by atoms with van der Waals surface area (Å²) in [6, 6.07) is 0. The number of ether oxygens (including phenoxy) is 1. The van der Waals surface area contributed by atoms with Crippen LogP contribution in [0.1, 0.15) is 40.0 Å². The van der Waals surface area contributed by atoms with E-state index in [2.05, 4.69) is 20.8 Å². The van der Waals surface area contributed by atoms with E-state index in [-0.39, 0.29) is 5.41 Å². The van der Waals surface area contributed by atoms with E-state index in [1.165, 1.54) is 0 Å². The van der Waals surface area contributed by atoms with E-state index in [0.717, 1.165) is 32.5 Å². The zero-order chi connectivity index (χ0) is 10.3. The fraction of sp³-hybridized carbons (Fsp3) is 0.900. The summed E-state index contributed by atoms with van der Waals surface area (Å²) in [7, 11) is 0. The van der Waals surface area contributed by atoms with E-state index >= 15 is 0 Å². The Hall–Kier alpha value is -0.150. The van der Waals surface area contributed by atoms with Crippen LogP contribution in [0, 0.1) is 5.41 Å². The molecule has 0 atom stereocenters. The smallest absolute Gasteiger partial charge is 0.0784 e. The Kier molecular flexibility index (Phi) is 6.25. The van der Waals surface area contributed by atoms with Crippen LogP contribution in [0.25, 0.3) is 0 Å². The second-order valence-electron chi connectivity index (χ2n) is 3.96. The van der Waals surface area contributed by atoms with Gasteiger partial charge in [-0.1, -0.05) is 33.0 Å². The van der Waals surface area contributed by atoms with E-state index in [4.69, 9.17) is 22.7 Å². The molecule has 0 bridgehead atoms. The molecule has 0 fully saturated rings. The summed E-state index contributed by atoms with van der Waals surface area (Å²) >= 11 is 4.97. The highest BCUT2D eigenvalue weighted by Crippen LogP contribution is 2.22. The number of hydrogen-bond acceptors (Lipinski definition) is 2. The average molecular weight is 203 g/mol. The van der Waals surface area contributed by atoms with Gasteiger partial charge in [0.1, 0.15) is 0 Å². The van der Waals surface area contributed by atoms with Gasteiger partial charge in [0.05, 0.1) is 4.99 Å². The van der Waals surface area contributed by atoms with Crippen LogP contribution < -0.4 is 5.73 Å². The van der Waals surface area contributed by atoms with E-state index in [1.807, 2.05) is 0 Å². The van der Waals surface area contributed by atoms with Gasteiger partial charge in [-0.15, -0.1) is 0 Å². The van der Waals surface area contributed by atoms with Crippen LogP contribution in [0.15, 0.2) is 0 Å². The topological polar surface area (TPSA) is 35.2 Å². The Bertz CT molecular complexity index is 157. The van der Waals surface area contributed by atoms with E-state index in [0.29, 0.717) is 4.99 Å². The Balaban J connectivity index is 3.46. The first-order valence-electron chi connectivity index (χ1n) is 4.88. The monoisotopic (exact) mass is 203 g/mol. The average Bonchev–Trinajstić information content (AvgIpc) is 2.03. The van der Waals surface area contributed by atoms with Gasteiger partial charge in [-0.05, 0) is 19.3 Å². The summed E-state index contributed by atoms with van der Waals surface area (Å²) in [5, 5.41) is 0. The highest BCUT2D eigenvalue weighted by molar-refractivity contribution is 7.80. The molecule has 13 heavy (non-hydrogen) atoms. The standard InChI is InChI=1S/C10H21NOS/c1-4-7-12-8-5-6-10(2,3)9(11)13/h4-8H2,1-3H3,(H2,11,13). The van der Waals surface area contributed by atoms with Crippen LogP contribution in [-0.4, -0.2) is 18.2 Å². The molecule has 0 heterocycles. The first-order valence-corrected chi connectivity index (χ1v) is 5.29. The molecule has 0 amide bonds. The molecular weight excluding hydrogens is 182 g/mol. The second kappa shape index (κ2) is 6.33. The summed E-state index contributed by atoms with van der Waals surface area (Å²) in [6.07, 6.45) is 3.12. The van der Waals surface area contributed by atoms with Crippen molar-refractivity contribution in [1.82, 2.24) is 0 Å². The van der Waals surface area contributed by atoms with Crippen LogP contribution in [0.3, 0.4) is 0 Å². The Morgan fingerprint density at radius 3 is 2.46 bits per heavy atom. The molecule has 0 spiro atoms. The number of hydrogen-bond donors (Lipinski definition) is 1. The predicted octanol–water partition coefficient (Wildman–Crippen LogP) is 2.51. The molecule has 2 N–H and O–H groups in total. The van der Waals surface area contributed by atoms with Crippen LogP contribution in [0.4, 0.5) is 0 Å². The first kappa shape index (κ1) is 12.8. The quantitative estimate of drug-likeness (QED) is 0.510. The maximum atomic E-state index is 5.60. The zero-order valence-corrected chi connectivity index (χ0v) is 9.75. The third-order valence-electron chi connectivity index (χ3n) is 2.11. The van der Waals surface area contributed by atoms with Crippen molar-refractivity contribution in [2.24, 2.45) is 11.1 Å². The fourth-order valence-corrected chi connectivity index (χ4v) is 1.09. The summed E-state index contributed by atoms with van der Waals surface area (Å²) < 4.78 is 5.37. The lowest BCUT2D eigenvalue weighted by Crippen LogP contribution is -2.29. The Labute approximate surface area is 86.8 Å². The lowest BCUT2D eigenvalue weighted by molar-refractivity contribution is 0.126. The van der Waals surface area contributed by atoms with E-state index in [9.17, 15) is 0 Å². The minimum atomic E-state index is -0.0229. The molecule has 0 aliphatic rings. The molecule has 0 aromatic rings. The van der Waals surface area contributed by atoms with Crippen molar-refractivity contribution < 1.29 is 4.74 Å². The first-order chi connectivity index (χ1) is 6.00. The van der Waals surface area contributed by atoms with Crippen LogP contribution in [0.5, 0.6) is 0 Å². The maximum Gasteiger partial charge on any atom is 0.0784 e. The Morgan fingerprint density at radius 1 is 1.38 bits per heavy atom. The van der Waals surface area contributed by atoms with Gasteiger partial charge in [0.2, 0.25) is 0 Å². The molecule has 0 radical (unpaired) electrons. The molecule has 2 nitrogen and oxygen atoms in total. The molecule has 0 unspecified atom stereocenters. The summed E-state index contributed by atoms with van der Waals surface area (Å²) in [4.78, 5) is 0.600. The van der Waals surface area contributed by atoms with Gasteiger partial charge in [0.25, 0.3) is 0 Å². The summed E-state index contributed by atoms with van der Waals surface area (Å²) in [5.41, 5.74) is 5.58. The SMILES string of the molecule is CCCOCCCC(C)(C)C(N)=S. The lowest BCUT2D eigenvalue weighted by atomic mass is 9.88. The third kappa shape index (κ3) is 5.99. The van der Waals surface area contributed by atoms with Crippen LogP contribution in [-0.2, 0) is 4.74 Å². The van der Waals surface area contributed by atoms with Gasteiger partial charge in [-0.25, -0.2) is 0 Å². The highest BCUT2D eigenvalue weighted by Gasteiger charge is 2.20. The van der Waals surface area contributed by atoms with Gasteiger partial charge in [0, 0.05) is 18.6 Å². The van der Waals surface area contributed by atoms with Crippen molar-refractivity contribution >= 4 is 17.2 Å².